The molecule has 0 aliphatic carbocycles. The summed E-state index contributed by atoms with van der Waals surface area (Å²) in [5.74, 6) is 0.619. The Labute approximate surface area is 118 Å². The van der Waals surface area contributed by atoms with Crippen molar-refractivity contribution in [1.82, 2.24) is 9.97 Å². The molecule has 0 fully saturated rings. The number of carbonyl (C=O) groups is 1. The van der Waals surface area contributed by atoms with Crippen molar-refractivity contribution in [2.75, 3.05) is 26.1 Å². The fourth-order valence-corrected chi connectivity index (χ4v) is 1.65. The second-order valence-corrected chi connectivity index (χ2v) is 4.26. The molecule has 0 atom stereocenters. The monoisotopic (exact) mass is 283 g/mol. The topological polar surface area (TPSA) is 93.6 Å². The Morgan fingerprint density at radius 2 is 1.75 bits per heavy atom. The molecule has 0 aliphatic rings. The molecule has 0 aliphatic heterocycles. The SMILES string of the molecule is COc1cc(OC)nc(NCCCCCCC(=O)O)n1. The van der Waals surface area contributed by atoms with Gasteiger partial charge in [0.05, 0.1) is 20.3 Å². The molecule has 7 nitrogen and oxygen atoms in total. The average Bonchev–Trinajstić information content (AvgIpc) is 2.45. The van der Waals surface area contributed by atoms with Gasteiger partial charge in [0.2, 0.25) is 17.7 Å². The van der Waals surface area contributed by atoms with E-state index in [-0.39, 0.29) is 6.42 Å². The Morgan fingerprint density at radius 1 is 1.15 bits per heavy atom. The van der Waals surface area contributed by atoms with Crippen LogP contribution in [0.5, 0.6) is 11.8 Å². The van der Waals surface area contributed by atoms with Crippen LogP contribution in [0.2, 0.25) is 0 Å². The standard InChI is InChI=1S/C13H21N3O4/c1-19-10-9-11(20-2)16-13(15-10)14-8-6-4-3-5-7-12(17)18/h9H,3-8H2,1-2H3,(H,17,18)(H,14,15,16). The zero-order chi connectivity index (χ0) is 14.8. The minimum atomic E-state index is -0.736. The maximum absolute atomic E-state index is 10.3. The Hall–Kier alpha value is -2.05. The summed E-state index contributed by atoms with van der Waals surface area (Å²) in [6.07, 6.45) is 3.78. The number of hydrogen-bond acceptors (Lipinski definition) is 6. The molecule has 0 saturated carbocycles. The van der Waals surface area contributed by atoms with E-state index < -0.39 is 5.97 Å². The zero-order valence-electron chi connectivity index (χ0n) is 11.9. The van der Waals surface area contributed by atoms with Gasteiger partial charge >= 0.3 is 5.97 Å². The molecule has 1 aromatic heterocycles. The van der Waals surface area contributed by atoms with Crippen LogP contribution in [-0.2, 0) is 4.79 Å². The number of nitrogens with zero attached hydrogens (tertiary/aromatic N) is 2. The quantitative estimate of drug-likeness (QED) is 0.634. The van der Waals surface area contributed by atoms with Crippen LogP contribution in [0.4, 0.5) is 5.95 Å². The molecule has 0 aromatic carbocycles. The van der Waals surface area contributed by atoms with Crippen LogP contribution in [-0.4, -0.2) is 41.8 Å². The zero-order valence-corrected chi connectivity index (χ0v) is 11.9. The normalized spacial score (nSPS) is 10.1. The summed E-state index contributed by atoms with van der Waals surface area (Å²) >= 11 is 0. The minimum absolute atomic E-state index is 0.240. The third kappa shape index (κ3) is 6.21. The van der Waals surface area contributed by atoms with Gasteiger partial charge in [0.1, 0.15) is 0 Å². The molecule has 0 unspecified atom stereocenters. The highest BCUT2D eigenvalue weighted by Crippen LogP contribution is 2.17. The number of ether oxygens (including phenoxy) is 2. The van der Waals surface area contributed by atoms with Crippen molar-refractivity contribution in [2.45, 2.75) is 32.1 Å². The van der Waals surface area contributed by atoms with E-state index in [1.807, 2.05) is 0 Å². The van der Waals surface area contributed by atoms with Crippen molar-refractivity contribution in [3.63, 3.8) is 0 Å². The highest BCUT2D eigenvalue weighted by molar-refractivity contribution is 5.66. The number of carboxylic acids is 1. The first-order valence-electron chi connectivity index (χ1n) is 6.58. The second kappa shape index (κ2) is 8.95. The third-order valence-electron chi connectivity index (χ3n) is 2.70. The van der Waals surface area contributed by atoms with Gasteiger partial charge < -0.3 is 19.9 Å². The lowest BCUT2D eigenvalue weighted by atomic mass is 10.1. The first kappa shape index (κ1) is 16.0. The maximum atomic E-state index is 10.3. The van der Waals surface area contributed by atoms with Crippen LogP contribution >= 0.6 is 0 Å². The molecule has 1 rings (SSSR count). The van der Waals surface area contributed by atoms with Crippen molar-refractivity contribution in [2.24, 2.45) is 0 Å². The number of hydrogen-bond donors (Lipinski definition) is 2. The fraction of sp³-hybridized carbons (Fsp3) is 0.615. The minimum Gasteiger partial charge on any atom is -0.481 e. The molecule has 2 N–H and O–H groups in total. The van der Waals surface area contributed by atoms with Gasteiger partial charge in [-0.05, 0) is 12.8 Å². The Bertz CT molecular complexity index is 404. The predicted octanol–water partition coefficient (Wildman–Crippen LogP) is 1.94. The summed E-state index contributed by atoms with van der Waals surface area (Å²) in [6.45, 7) is 0.726. The number of methoxy groups -OCH3 is 2. The van der Waals surface area contributed by atoms with Crippen LogP contribution < -0.4 is 14.8 Å². The average molecular weight is 283 g/mol. The lowest BCUT2D eigenvalue weighted by Crippen LogP contribution is -2.07. The third-order valence-corrected chi connectivity index (χ3v) is 2.70. The van der Waals surface area contributed by atoms with Gasteiger partial charge in [-0.25, -0.2) is 0 Å². The molecule has 0 saturated heterocycles. The van der Waals surface area contributed by atoms with Gasteiger partial charge in [0, 0.05) is 13.0 Å². The van der Waals surface area contributed by atoms with Gasteiger partial charge in [0.15, 0.2) is 0 Å². The summed E-state index contributed by atoms with van der Waals surface area (Å²) in [5.41, 5.74) is 0. The number of rotatable bonds is 10. The molecule has 0 spiro atoms. The summed E-state index contributed by atoms with van der Waals surface area (Å²) in [5, 5.41) is 11.6. The van der Waals surface area contributed by atoms with Crippen molar-refractivity contribution >= 4 is 11.9 Å². The first-order valence-corrected chi connectivity index (χ1v) is 6.58. The van der Waals surface area contributed by atoms with Crippen molar-refractivity contribution < 1.29 is 19.4 Å². The highest BCUT2D eigenvalue weighted by atomic mass is 16.5. The lowest BCUT2D eigenvalue weighted by molar-refractivity contribution is -0.137. The summed E-state index contributed by atoms with van der Waals surface area (Å²) in [7, 11) is 3.07. The van der Waals surface area contributed by atoms with Crippen LogP contribution in [0.15, 0.2) is 6.07 Å². The van der Waals surface area contributed by atoms with E-state index in [0.717, 1.165) is 32.2 Å². The first-order chi connectivity index (χ1) is 9.65. The molecule has 0 radical (unpaired) electrons. The maximum Gasteiger partial charge on any atom is 0.303 e. The van der Waals surface area contributed by atoms with E-state index in [9.17, 15) is 4.79 Å². The predicted molar refractivity (Wildman–Crippen MR) is 74.3 cm³/mol. The molecular weight excluding hydrogens is 262 g/mol. The number of unbranched alkanes of at least 4 members (excludes halogenated alkanes) is 3. The van der Waals surface area contributed by atoms with Crippen LogP contribution in [0, 0.1) is 0 Å². The number of aliphatic carboxylic acids is 1. The number of nitrogens with one attached hydrogen (secondary N) is 1. The molecule has 1 aromatic rings. The molecular formula is C13H21N3O4. The van der Waals surface area contributed by atoms with Gasteiger partial charge in [-0.2, -0.15) is 9.97 Å². The van der Waals surface area contributed by atoms with E-state index >= 15 is 0 Å². The summed E-state index contributed by atoms with van der Waals surface area (Å²) in [4.78, 5) is 18.7. The molecule has 1 heterocycles. The van der Waals surface area contributed by atoms with Gasteiger partial charge in [-0.1, -0.05) is 12.8 Å². The lowest BCUT2D eigenvalue weighted by Gasteiger charge is -2.08. The highest BCUT2D eigenvalue weighted by Gasteiger charge is 2.04. The van der Waals surface area contributed by atoms with E-state index in [1.165, 1.54) is 14.2 Å². The number of aromatic nitrogens is 2. The molecule has 20 heavy (non-hydrogen) atoms. The Morgan fingerprint density at radius 3 is 2.30 bits per heavy atom. The summed E-state index contributed by atoms with van der Waals surface area (Å²) in [6, 6.07) is 1.61. The van der Waals surface area contributed by atoms with E-state index in [4.69, 9.17) is 14.6 Å². The van der Waals surface area contributed by atoms with Crippen molar-refractivity contribution in [1.29, 1.82) is 0 Å². The largest absolute Gasteiger partial charge is 0.481 e. The van der Waals surface area contributed by atoms with Gasteiger partial charge in [-0.3, -0.25) is 4.79 Å². The van der Waals surface area contributed by atoms with E-state index in [1.54, 1.807) is 6.07 Å². The summed E-state index contributed by atoms with van der Waals surface area (Å²) < 4.78 is 10.1. The van der Waals surface area contributed by atoms with E-state index in [0.29, 0.717) is 17.7 Å². The van der Waals surface area contributed by atoms with Gasteiger partial charge in [-0.15, -0.1) is 0 Å². The van der Waals surface area contributed by atoms with Crippen molar-refractivity contribution in [3.8, 4) is 11.8 Å². The Balaban J connectivity index is 2.26. The number of carboxylic acid groups (broad SMARTS) is 1. The van der Waals surface area contributed by atoms with Crippen LogP contribution in [0.1, 0.15) is 32.1 Å². The fourth-order valence-electron chi connectivity index (χ4n) is 1.65. The van der Waals surface area contributed by atoms with Crippen LogP contribution in [0.3, 0.4) is 0 Å². The van der Waals surface area contributed by atoms with Crippen molar-refractivity contribution in [3.05, 3.63) is 6.07 Å². The van der Waals surface area contributed by atoms with Crippen LogP contribution in [0.25, 0.3) is 0 Å². The molecule has 7 heteroatoms. The van der Waals surface area contributed by atoms with E-state index in [2.05, 4.69) is 15.3 Å². The Kier molecular flexibility index (Phi) is 7.16. The smallest absolute Gasteiger partial charge is 0.303 e. The van der Waals surface area contributed by atoms with Gasteiger partial charge in [0.25, 0.3) is 0 Å². The molecule has 112 valence electrons. The number of anilines is 1. The molecule has 0 bridgehead atoms. The second-order valence-electron chi connectivity index (χ2n) is 4.26. The molecule has 0 amide bonds.